The highest BCUT2D eigenvalue weighted by Gasteiger charge is 2.36. The van der Waals surface area contributed by atoms with E-state index in [0.717, 1.165) is 18.2 Å². The van der Waals surface area contributed by atoms with Gasteiger partial charge in [-0.05, 0) is 12.6 Å². The third-order valence-electron chi connectivity index (χ3n) is 4.54. The minimum absolute atomic E-state index is 0.00493. The molecule has 3 heterocycles. The SMILES string of the molecule is CCN(Cc1nnc(C)o1)[C@H]1CN(c2ccnc(C(C)C)n2)C[C@H]1O. The number of hydrogen-bond acceptors (Lipinski definition) is 8. The van der Waals surface area contributed by atoms with Crippen LogP contribution < -0.4 is 4.90 Å². The second kappa shape index (κ2) is 7.45. The van der Waals surface area contributed by atoms with Crippen LogP contribution in [0.25, 0.3) is 0 Å². The molecule has 2 atom stereocenters. The molecule has 8 heteroatoms. The summed E-state index contributed by atoms with van der Waals surface area (Å²) in [5.74, 6) is 3.10. The van der Waals surface area contributed by atoms with Gasteiger partial charge >= 0.3 is 0 Å². The first-order chi connectivity index (χ1) is 12.0. The van der Waals surface area contributed by atoms with Crippen molar-refractivity contribution in [2.24, 2.45) is 0 Å². The molecule has 3 rings (SSSR count). The number of aryl methyl sites for hydroxylation is 1. The minimum atomic E-state index is -0.457. The Labute approximate surface area is 147 Å². The van der Waals surface area contributed by atoms with Crippen LogP contribution in [0.15, 0.2) is 16.7 Å². The van der Waals surface area contributed by atoms with Crippen molar-refractivity contribution < 1.29 is 9.52 Å². The molecule has 1 aliphatic rings. The van der Waals surface area contributed by atoms with Gasteiger partial charge in [0.15, 0.2) is 0 Å². The van der Waals surface area contributed by atoms with Crippen molar-refractivity contribution in [2.75, 3.05) is 24.5 Å². The van der Waals surface area contributed by atoms with Crippen LogP contribution in [0, 0.1) is 6.92 Å². The fourth-order valence-electron chi connectivity index (χ4n) is 3.17. The zero-order valence-corrected chi connectivity index (χ0v) is 15.3. The summed E-state index contributed by atoms with van der Waals surface area (Å²) < 4.78 is 5.48. The highest BCUT2D eigenvalue weighted by atomic mass is 16.4. The van der Waals surface area contributed by atoms with Crippen molar-refractivity contribution in [3.05, 3.63) is 29.9 Å². The van der Waals surface area contributed by atoms with Gasteiger partial charge < -0.3 is 14.4 Å². The normalized spacial score (nSPS) is 20.8. The van der Waals surface area contributed by atoms with Gasteiger partial charge in [-0.25, -0.2) is 9.97 Å². The Kier molecular flexibility index (Phi) is 5.29. The highest BCUT2D eigenvalue weighted by Crippen LogP contribution is 2.24. The minimum Gasteiger partial charge on any atom is -0.424 e. The van der Waals surface area contributed by atoms with Gasteiger partial charge in [-0.1, -0.05) is 20.8 Å². The Hall–Kier alpha value is -2.06. The van der Waals surface area contributed by atoms with E-state index in [1.807, 2.05) is 6.07 Å². The molecule has 1 N–H and O–H groups in total. The van der Waals surface area contributed by atoms with Crippen molar-refractivity contribution in [2.45, 2.75) is 52.3 Å². The zero-order valence-electron chi connectivity index (χ0n) is 15.3. The quantitative estimate of drug-likeness (QED) is 0.838. The van der Waals surface area contributed by atoms with Gasteiger partial charge in [-0.3, -0.25) is 4.90 Å². The summed E-state index contributed by atoms with van der Waals surface area (Å²) in [6.45, 7) is 10.6. The van der Waals surface area contributed by atoms with Gasteiger partial charge in [0.05, 0.1) is 18.7 Å². The molecule has 0 aromatic carbocycles. The third-order valence-corrected chi connectivity index (χ3v) is 4.54. The van der Waals surface area contributed by atoms with Crippen LogP contribution in [-0.4, -0.2) is 62.0 Å². The average Bonchev–Trinajstić information content (AvgIpc) is 3.18. The smallest absolute Gasteiger partial charge is 0.230 e. The summed E-state index contributed by atoms with van der Waals surface area (Å²) in [6, 6.07) is 1.90. The molecule has 1 saturated heterocycles. The van der Waals surface area contributed by atoms with Crippen LogP contribution in [-0.2, 0) is 6.54 Å². The van der Waals surface area contributed by atoms with Crippen molar-refractivity contribution in [1.29, 1.82) is 0 Å². The number of β-amino-alcohol motifs (C(OH)–C–C–N with tert-alkyl or cyclic N) is 1. The Morgan fingerprint density at radius 2 is 2.16 bits per heavy atom. The van der Waals surface area contributed by atoms with E-state index in [1.165, 1.54) is 0 Å². The first-order valence-corrected chi connectivity index (χ1v) is 8.77. The average molecular weight is 346 g/mol. The molecule has 1 fully saturated rings. The predicted molar refractivity (Wildman–Crippen MR) is 93.2 cm³/mol. The largest absolute Gasteiger partial charge is 0.424 e. The lowest BCUT2D eigenvalue weighted by Crippen LogP contribution is -2.42. The lowest BCUT2D eigenvalue weighted by molar-refractivity contribution is 0.0761. The standard InChI is InChI=1S/C17H26N6O2/c1-5-22(10-16-21-20-12(4)25-16)13-8-23(9-14(13)24)15-6-7-18-17(19-15)11(2)3/h6-7,11,13-14,24H,5,8-10H2,1-4H3/t13-,14+/m0/s1. The number of rotatable bonds is 6. The molecule has 136 valence electrons. The number of aliphatic hydroxyl groups is 1. The van der Waals surface area contributed by atoms with E-state index in [0.29, 0.717) is 31.4 Å². The van der Waals surface area contributed by atoms with E-state index in [9.17, 15) is 5.11 Å². The Morgan fingerprint density at radius 3 is 2.80 bits per heavy atom. The number of anilines is 1. The molecular formula is C17H26N6O2. The van der Waals surface area contributed by atoms with Crippen LogP contribution in [0.1, 0.15) is 44.3 Å². The molecule has 0 amide bonds. The fourth-order valence-corrected chi connectivity index (χ4v) is 3.17. The van der Waals surface area contributed by atoms with Crippen LogP contribution in [0.3, 0.4) is 0 Å². The molecule has 0 bridgehead atoms. The van der Waals surface area contributed by atoms with E-state index >= 15 is 0 Å². The molecule has 8 nitrogen and oxygen atoms in total. The van der Waals surface area contributed by atoms with Crippen molar-refractivity contribution in [3.63, 3.8) is 0 Å². The maximum absolute atomic E-state index is 10.6. The monoisotopic (exact) mass is 346 g/mol. The summed E-state index contributed by atoms with van der Waals surface area (Å²) in [4.78, 5) is 13.2. The summed E-state index contributed by atoms with van der Waals surface area (Å²) in [5.41, 5.74) is 0. The van der Waals surface area contributed by atoms with Crippen LogP contribution in [0.2, 0.25) is 0 Å². The molecule has 2 aromatic heterocycles. The summed E-state index contributed by atoms with van der Waals surface area (Å²) in [5, 5.41) is 18.5. The molecule has 0 unspecified atom stereocenters. The van der Waals surface area contributed by atoms with Gasteiger partial charge in [0.25, 0.3) is 0 Å². The fraction of sp³-hybridized carbons (Fsp3) is 0.647. The van der Waals surface area contributed by atoms with E-state index in [1.54, 1.807) is 13.1 Å². The summed E-state index contributed by atoms with van der Waals surface area (Å²) >= 11 is 0. The van der Waals surface area contributed by atoms with Crippen molar-refractivity contribution in [1.82, 2.24) is 25.1 Å². The van der Waals surface area contributed by atoms with Crippen molar-refractivity contribution >= 4 is 5.82 Å². The first kappa shape index (κ1) is 17.8. The molecule has 25 heavy (non-hydrogen) atoms. The second-order valence-electron chi connectivity index (χ2n) is 6.75. The van der Waals surface area contributed by atoms with Crippen LogP contribution in [0.4, 0.5) is 5.82 Å². The molecule has 0 saturated carbocycles. The van der Waals surface area contributed by atoms with Gasteiger partial charge in [0, 0.05) is 32.1 Å². The molecule has 2 aromatic rings. The molecule has 1 aliphatic heterocycles. The summed E-state index contributed by atoms with van der Waals surface area (Å²) in [6.07, 6.45) is 1.33. The van der Waals surface area contributed by atoms with Gasteiger partial charge in [0.1, 0.15) is 11.6 Å². The van der Waals surface area contributed by atoms with E-state index < -0.39 is 6.10 Å². The molecule has 0 aliphatic carbocycles. The number of hydrogen-bond donors (Lipinski definition) is 1. The number of likely N-dealkylation sites (N-methyl/N-ethyl adjacent to an activating group) is 1. The molecular weight excluding hydrogens is 320 g/mol. The van der Waals surface area contributed by atoms with Gasteiger partial charge in [-0.2, -0.15) is 0 Å². The zero-order chi connectivity index (χ0) is 18.0. The Balaban J connectivity index is 1.72. The first-order valence-electron chi connectivity index (χ1n) is 8.77. The highest BCUT2D eigenvalue weighted by molar-refractivity contribution is 5.40. The lowest BCUT2D eigenvalue weighted by Gasteiger charge is -2.28. The number of aromatic nitrogens is 4. The van der Waals surface area contributed by atoms with E-state index in [-0.39, 0.29) is 12.0 Å². The molecule has 0 radical (unpaired) electrons. The summed E-state index contributed by atoms with van der Waals surface area (Å²) in [7, 11) is 0. The van der Waals surface area contributed by atoms with Gasteiger partial charge in [-0.15, -0.1) is 10.2 Å². The maximum Gasteiger partial charge on any atom is 0.230 e. The Bertz CT molecular complexity index is 704. The topological polar surface area (TPSA) is 91.4 Å². The number of aliphatic hydroxyl groups excluding tert-OH is 1. The lowest BCUT2D eigenvalue weighted by atomic mass is 10.2. The third kappa shape index (κ3) is 3.96. The van der Waals surface area contributed by atoms with Gasteiger partial charge in [0.2, 0.25) is 11.8 Å². The number of nitrogens with zero attached hydrogens (tertiary/aromatic N) is 6. The van der Waals surface area contributed by atoms with Crippen LogP contribution in [0.5, 0.6) is 0 Å². The van der Waals surface area contributed by atoms with Crippen molar-refractivity contribution in [3.8, 4) is 0 Å². The Morgan fingerprint density at radius 1 is 1.36 bits per heavy atom. The second-order valence-corrected chi connectivity index (χ2v) is 6.75. The van der Waals surface area contributed by atoms with E-state index in [2.05, 4.69) is 50.7 Å². The van der Waals surface area contributed by atoms with Crippen LogP contribution >= 0.6 is 0 Å². The predicted octanol–water partition coefficient (Wildman–Crippen LogP) is 1.36. The molecule has 0 spiro atoms. The maximum atomic E-state index is 10.6. The van der Waals surface area contributed by atoms with E-state index in [4.69, 9.17) is 4.42 Å².